The Morgan fingerprint density at radius 3 is 2.68 bits per heavy atom. The maximum Gasteiger partial charge on any atom is 0.411 e. The molecule has 0 aromatic carbocycles. The lowest BCUT2D eigenvalue weighted by atomic mass is 9.91. The Kier molecular flexibility index (Phi) is 3.87. The molecule has 1 saturated heterocycles. The molecule has 0 saturated carbocycles. The van der Waals surface area contributed by atoms with Crippen LogP contribution in [-0.2, 0) is 9.47 Å². The molecular weight excluding hydrogens is 282 g/mol. The highest BCUT2D eigenvalue weighted by Gasteiger charge is 2.40. The van der Waals surface area contributed by atoms with Crippen LogP contribution >= 0.6 is 0 Å². The molecule has 0 N–H and O–H groups in total. The monoisotopic (exact) mass is 303 g/mol. The van der Waals surface area contributed by atoms with Crippen molar-refractivity contribution in [3.63, 3.8) is 0 Å². The van der Waals surface area contributed by atoms with Gasteiger partial charge in [0.2, 0.25) is 0 Å². The van der Waals surface area contributed by atoms with Crippen molar-refractivity contribution >= 4 is 11.7 Å². The number of carbonyl (C=O) groups excluding carboxylic acids is 1. The number of amides is 1. The van der Waals surface area contributed by atoms with Crippen LogP contribution in [0.4, 0.5) is 4.79 Å². The van der Waals surface area contributed by atoms with Crippen LogP contribution in [-0.4, -0.2) is 51.9 Å². The summed E-state index contributed by atoms with van der Waals surface area (Å²) in [4.78, 5) is 22.4. The Hall–Kier alpha value is -1.95. The molecule has 1 aromatic heterocycles. The van der Waals surface area contributed by atoms with Crippen LogP contribution in [0.25, 0.3) is 5.57 Å². The second-order valence-corrected chi connectivity index (χ2v) is 6.67. The van der Waals surface area contributed by atoms with E-state index in [4.69, 9.17) is 9.47 Å². The van der Waals surface area contributed by atoms with E-state index < -0.39 is 5.60 Å². The quantitative estimate of drug-likeness (QED) is 0.796. The van der Waals surface area contributed by atoms with Crippen molar-refractivity contribution in [3.8, 4) is 0 Å². The topological polar surface area (TPSA) is 64.5 Å². The Bertz CT molecular complexity index is 580. The standard InChI is InChI=1S/C16H21N3O3/c1-16(2,3)22-15(20)19-13-4-11(5-14(19)9-21-8-13)12-6-17-10-18-7-12/h4,6-7,10,13-14H,5,8-9H2,1-3H3. The van der Waals surface area contributed by atoms with Gasteiger partial charge in [-0.2, -0.15) is 0 Å². The summed E-state index contributed by atoms with van der Waals surface area (Å²) in [5.41, 5.74) is 1.67. The number of nitrogens with zero attached hydrogens (tertiary/aromatic N) is 3. The van der Waals surface area contributed by atoms with E-state index in [1.807, 2.05) is 25.7 Å². The summed E-state index contributed by atoms with van der Waals surface area (Å²) in [5, 5.41) is 0. The van der Waals surface area contributed by atoms with Crippen molar-refractivity contribution < 1.29 is 14.3 Å². The summed E-state index contributed by atoms with van der Waals surface area (Å²) in [7, 11) is 0. The molecule has 0 spiro atoms. The van der Waals surface area contributed by atoms with Gasteiger partial charge in [-0.25, -0.2) is 14.8 Å². The first kappa shape index (κ1) is 15.0. The maximum atomic E-state index is 12.5. The molecule has 1 aromatic rings. The van der Waals surface area contributed by atoms with Gasteiger partial charge in [-0.05, 0) is 32.8 Å². The van der Waals surface area contributed by atoms with Crippen LogP contribution in [0.2, 0.25) is 0 Å². The summed E-state index contributed by atoms with van der Waals surface area (Å²) in [6.45, 7) is 6.66. The van der Waals surface area contributed by atoms with Crippen molar-refractivity contribution in [2.45, 2.75) is 44.9 Å². The van der Waals surface area contributed by atoms with Crippen molar-refractivity contribution in [2.75, 3.05) is 13.2 Å². The minimum Gasteiger partial charge on any atom is -0.444 e. The zero-order chi connectivity index (χ0) is 15.7. The second-order valence-electron chi connectivity index (χ2n) is 6.67. The van der Waals surface area contributed by atoms with Crippen molar-refractivity contribution in [3.05, 3.63) is 30.4 Å². The summed E-state index contributed by atoms with van der Waals surface area (Å²) in [5.74, 6) is 0. The first-order valence-corrected chi connectivity index (χ1v) is 7.49. The first-order chi connectivity index (χ1) is 10.4. The molecule has 6 heteroatoms. The van der Waals surface area contributed by atoms with Gasteiger partial charge >= 0.3 is 6.09 Å². The molecule has 2 bridgehead atoms. The molecule has 0 aliphatic carbocycles. The van der Waals surface area contributed by atoms with E-state index in [9.17, 15) is 4.79 Å². The van der Waals surface area contributed by atoms with Gasteiger partial charge in [0.15, 0.2) is 0 Å². The Labute approximate surface area is 130 Å². The van der Waals surface area contributed by atoms with Crippen LogP contribution in [0.15, 0.2) is 24.8 Å². The molecule has 3 rings (SSSR count). The largest absolute Gasteiger partial charge is 0.444 e. The highest BCUT2D eigenvalue weighted by atomic mass is 16.6. The second kappa shape index (κ2) is 5.68. The van der Waals surface area contributed by atoms with Gasteiger partial charge < -0.3 is 9.47 Å². The van der Waals surface area contributed by atoms with Gasteiger partial charge in [0.25, 0.3) is 0 Å². The van der Waals surface area contributed by atoms with Crippen LogP contribution < -0.4 is 0 Å². The smallest absolute Gasteiger partial charge is 0.411 e. The van der Waals surface area contributed by atoms with Gasteiger partial charge in [-0.3, -0.25) is 4.90 Å². The van der Waals surface area contributed by atoms with E-state index in [1.165, 1.54) is 11.9 Å². The summed E-state index contributed by atoms with van der Waals surface area (Å²) < 4.78 is 11.1. The lowest BCUT2D eigenvalue weighted by Gasteiger charge is -2.44. The summed E-state index contributed by atoms with van der Waals surface area (Å²) in [6, 6.07) is -0.105. The zero-order valence-corrected chi connectivity index (χ0v) is 13.2. The fourth-order valence-electron chi connectivity index (χ4n) is 2.87. The van der Waals surface area contributed by atoms with Crippen LogP contribution in [0.3, 0.4) is 0 Å². The molecule has 2 atom stereocenters. The number of morpholine rings is 1. The normalized spacial score (nSPS) is 24.7. The number of aromatic nitrogens is 2. The average Bonchev–Trinajstić information content (AvgIpc) is 2.45. The van der Waals surface area contributed by atoms with Gasteiger partial charge in [0.05, 0.1) is 25.3 Å². The van der Waals surface area contributed by atoms with Gasteiger partial charge in [0.1, 0.15) is 11.9 Å². The molecule has 1 fully saturated rings. The first-order valence-electron chi connectivity index (χ1n) is 7.49. The van der Waals surface area contributed by atoms with Gasteiger partial charge in [-0.15, -0.1) is 0 Å². The number of rotatable bonds is 1. The minimum absolute atomic E-state index is 0.00574. The van der Waals surface area contributed by atoms with E-state index in [0.29, 0.717) is 13.2 Å². The Balaban J connectivity index is 1.84. The highest BCUT2D eigenvalue weighted by Crippen LogP contribution is 2.33. The van der Waals surface area contributed by atoms with Crippen molar-refractivity contribution in [1.29, 1.82) is 0 Å². The van der Waals surface area contributed by atoms with Gasteiger partial charge in [-0.1, -0.05) is 6.08 Å². The van der Waals surface area contributed by atoms with E-state index in [2.05, 4.69) is 16.0 Å². The van der Waals surface area contributed by atoms with Crippen molar-refractivity contribution in [2.24, 2.45) is 0 Å². The van der Waals surface area contributed by atoms with Crippen LogP contribution in [0.1, 0.15) is 32.8 Å². The lowest BCUT2D eigenvalue weighted by Crippen LogP contribution is -2.57. The zero-order valence-electron chi connectivity index (χ0n) is 13.2. The van der Waals surface area contributed by atoms with Gasteiger partial charge in [0, 0.05) is 18.0 Å². The molecule has 0 radical (unpaired) electrons. The van der Waals surface area contributed by atoms with E-state index >= 15 is 0 Å². The maximum absolute atomic E-state index is 12.5. The molecule has 6 nitrogen and oxygen atoms in total. The lowest BCUT2D eigenvalue weighted by molar-refractivity contribution is -0.0510. The van der Waals surface area contributed by atoms with E-state index in [0.717, 1.165) is 12.0 Å². The molecule has 2 aliphatic heterocycles. The van der Waals surface area contributed by atoms with Crippen LogP contribution in [0, 0.1) is 0 Å². The summed E-state index contributed by atoms with van der Waals surface area (Å²) >= 11 is 0. The number of hydrogen-bond acceptors (Lipinski definition) is 5. The van der Waals surface area contributed by atoms with Crippen molar-refractivity contribution in [1.82, 2.24) is 14.9 Å². The fraction of sp³-hybridized carbons (Fsp3) is 0.562. The predicted octanol–water partition coefficient (Wildman–Crippen LogP) is 2.27. The molecule has 3 heterocycles. The predicted molar refractivity (Wildman–Crippen MR) is 81.1 cm³/mol. The third-order valence-corrected chi connectivity index (χ3v) is 3.73. The Morgan fingerprint density at radius 2 is 2.05 bits per heavy atom. The minimum atomic E-state index is -0.497. The fourth-order valence-corrected chi connectivity index (χ4v) is 2.87. The number of fused-ring (bicyclic) bond motifs is 2. The highest BCUT2D eigenvalue weighted by molar-refractivity contribution is 5.74. The molecular formula is C16H21N3O3. The molecule has 22 heavy (non-hydrogen) atoms. The van der Waals surface area contributed by atoms with E-state index in [-0.39, 0.29) is 18.2 Å². The Morgan fingerprint density at radius 1 is 1.32 bits per heavy atom. The summed E-state index contributed by atoms with van der Waals surface area (Å²) in [6.07, 6.45) is 7.65. The van der Waals surface area contributed by atoms with Crippen LogP contribution in [0.5, 0.6) is 0 Å². The molecule has 2 unspecified atom stereocenters. The third-order valence-electron chi connectivity index (χ3n) is 3.73. The molecule has 118 valence electrons. The number of hydrogen-bond donors (Lipinski definition) is 0. The average molecular weight is 303 g/mol. The number of carbonyl (C=O) groups is 1. The SMILES string of the molecule is CC(C)(C)OC(=O)N1C2C=C(c3cncnc3)CC1COC2. The third kappa shape index (κ3) is 3.11. The number of ether oxygens (including phenoxy) is 2. The van der Waals surface area contributed by atoms with E-state index in [1.54, 1.807) is 12.4 Å². The molecule has 2 aliphatic rings. The molecule has 1 amide bonds.